The number of nitrogens with one attached hydrogen (secondary N) is 1. The van der Waals surface area contributed by atoms with Gasteiger partial charge in [-0.25, -0.2) is 4.79 Å². The summed E-state index contributed by atoms with van der Waals surface area (Å²) in [4.78, 5) is 26.0. The fourth-order valence-electron chi connectivity index (χ4n) is 2.97. The van der Waals surface area contributed by atoms with Crippen LogP contribution in [0.4, 0.5) is 5.69 Å². The van der Waals surface area contributed by atoms with Crippen LogP contribution in [-0.2, 0) is 9.59 Å². The van der Waals surface area contributed by atoms with Gasteiger partial charge in [-0.2, -0.15) is 5.10 Å². The summed E-state index contributed by atoms with van der Waals surface area (Å²) in [6.07, 6.45) is 0. The number of nitrogens with zero attached hydrogens (tertiary/aromatic N) is 3. The van der Waals surface area contributed by atoms with E-state index in [-0.39, 0.29) is 25.0 Å². The van der Waals surface area contributed by atoms with E-state index in [4.69, 9.17) is 4.74 Å². The number of carbonyl (C=O) groups is 2. The Morgan fingerprint density at radius 1 is 1.21 bits per heavy atom. The molecule has 1 N–H and O–H groups in total. The minimum atomic E-state index is -0.382. The van der Waals surface area contributed by atoms with E-state index >= 15 is 0 Å². The molecule has 0 aromatic heterocycles. The molecular weight excluding hydrogens is 376 g/mol. The standard InChI is InChI=1S/C20H18N4O3S/c1-13-7-8-16-17(9-13)27-19(26)11-24(16)10-18(25)21-20-23-22-15(12-28-20)14-5-3-2-4-6-14/h2-9H,10-12H2,1H3,(H,21,23,25). The molecule has 1 amide bonds. The van der Waals surface area contributed by atoms with Gasteiger partial charge in [-0.1, -0.05) is 48.2 Å². The fourth-order valence-corrected chi connectivity index (χ4v) is 3.75. The van der Waals surface area contributed by atoms with E-state index in [1.54, 1.807) is 11.0 Å². The molecule has 0 saturated heterocycles. The van der Waals surface area contributed by atoms with Gasteiger partial charge in [-0.3, -0.25) is 4.79 Å². The van der Waals surface area contributed by atoms with Crippen LogP contribution >= 0.6 is 11.8 Å². The third kappa shape index (κ3) is 4.07. The summed E-state index contributed by atoms with van der Waals surface area (Å²) in [6.45, 7) is 1.97. The van der Waals surface area contributed by atoms with Gasteiger partial charge in [0.15, 0.2) is 10.9 Å². The number of hydrogen-bond acceptors (Lipinski definition) is 7. The number of aryl methyl sites for hydroxylation is 1. The van der Waals surface area contributed by atoms with Gasteiger partial charge in [0.25, 0.3) is 0 Å². The van der Waals surface area contributed by atoms with Crippen molar-refractivity contribution in [3.8, 4) is 5.75 Å². The van der Waals surface area contributed by atoms with Crippen molar-refractivity contribution in [2.75, 3.05) is 23.7 Å². The van der Waals surface area contributed by atoms with Crippen molar-refractivity contribution in [1.82, 2.24) is 5.32 Å². The van der Waals surface area contributed by atoms with Gasteiger partial charge in [0.05, 0.1) is 17.9 Å². The summed E-state index contributed by atoms with van der Waals surface area (Å²) in [6, 6.07) is 15.4. The first-order chi connectivity index (χ1) is 13.6. The highest BCUT2D eigenvalue weighted by molar-refractivity contribution is 8.14. The van der Waals surface area contributed by atoms with Crippen LogP contribution in [0, 0.1) is 6.92 Å². The maximum Gasteiger partial charge on any atom is 0.331 e. The zero-order valence-corrected chi connectivity index (χ0v) is 16.0. The first kappa shape index (κ1) is 18.2. The number of fused-ring (bicyclic) bond motifs is 1. The van der Waals surface area contributed by atoms with Crippen molar-refractivity contribution in [2.24, 2.45) is 10.2 Å². The van der Waals surface area contributed by atoms with Crippen LogP contribution in [0.2, 0.25) is 0 Å². The van der Waals surface area contributed by atoms with E-state index < -0.39 is 0 Å². The monoisotopic (exact) mass is 394 g/mol. The molecule has 8 heteroatoms. The lowest BCUT2D eigenvalue weighted by atomic mass is 10.1. The molecule has 2 aliphatic rings. The Bertz CT molecular complexity index is 988. The van der Waals surface area contributed by atoms with Gasteiger partial charge >= 0.3 is 5.97 Å². The molecule has 0 fully saturated rings. The van der Waals surface area contributed by atoms with E-state index in [1.807, 2.05) is 49.4 Å². The predicted octanol–water partition coefficient (Wildman–Crippen LogP) is 2.34. The van der Waals surface area contributed by atoms with Crippen LogP contribution in [0.1, 0.15) is 11.1 Å². The summed E-state index contributed by atoms with van der Waals surface area (Å²) in [5, 5.41) is 11.6. The average Bonchev–Trinajstić information content (AvgIpc) is 2.68. The summed E-state index contributed by atoms with van der Waals surface area (Å²) in [5.41, 5.74) is 3.59. The molecule has 2 aromatic carbocycles. The van der Waals surface area contributed by atoms with Crippen molar-refractivity contribution in [3.63, 3.8) is 0 Å². The van der Waals surface area contributed by atoms with Crippen molar-refractivity contribution < 1.29 is 14.3 Å². The number of thioether (sulfide) groups is 1. The van der Waals surface area contributed by atoms with Crippen molar-refractivity contribution in [2.45, 2.75) is 6.92 Å². The lowest BCUT2D eigenvalue weighted by molar-refractivity contribution is -0.133. The molecule has 0 atom stereocenters. The molecular formula is C20H18N4O3S. The molecule has 0 unspecified atom stereocenters. The molecule has 0 radical (unpaired) electrons. The first-order valence-electron chi connectivity index (χ1n) is 8.77. The van der Waals surface area contributed by atoms with Crippen LogP contribution in [0.3, 0.4) is 0 Å². The summed E-state index contributed by atoms with van der Waals surface area (Å²) in [7, 11) is 0. The molecule has 28 heavy (non-hydrogen) atoms. The first-order valence-corrected chi connectivity index (χ1v) is 9.76. The van der Waals surface area contributed by atoms with Crippen LogP contribution < -0.4 is 15.0 Å². The topological polar surface area (TPSA) is 83.4 Å². The Kier molecular flexibility index (Phi) is 5.12. The number of anilines is 1. The highest BCUT2D eigenvalue weighted by Crippen LogP contribution is 2.32. The number of benzene rings is 2. The van der Waals surface area contributed by atoms with Crippen molar-refractivity contribution in [1.29, 1.82) is 0 Å². The molecule has 7 nitrogen and oxygen atoms in total. The Morgan fingerprint density at radius 2 is 2.04 bits per heavy atom. The number of carbonyl (C=O) groups excluding carboxylic acids is 2. The van der Waals surface area contributed by atoms with Gasteiger partial charge in [0.2, 0.25) is 5.91 Å². The van der Waals surface area contributed by atoms with Crippen LogP contribution in [-0.4, -0.2) is 41.6 Å². The maximum absolute atomic E-state index is 12.5. The number of esters is 1. The molecule has 0 spiro atoms. The Balaban J connectivity index is 1.42. The number of hydrogen-bond donors (Lipinski definition) is 1. The highest BCUT2D eigenvalue weighted by Gasteiger charge is 2.26. The fraction of sp³-hybridized carbons (Fsp3) is 0.200. The molecule has 2 aliphatic heterocycles. The minimum Gasteiger partial charge on any atom is -0.423 e. The smallest absolute Gasteiger partial charge is 0.331 e. The largest absolute Gasteiger partial charge is 0.423 e. The quantitative estimate of drug-likeness (QED) is 0.638. The second-order valence-corrected chi connectivity index (χ2v) is 7.42. The molecule has 0 saturated carbocycles. The summed E-state index contributed by atoms with van der Waals surface area (Å²) < 4.78 is 5.27. The van der Waals surface area contributed by atoms with E-state index in [1.165, 1.54) is 11.8 Å². The van der Waals surface area contributed by atoms with Crippen molar-refractivity contribution in [3.05, 3.63) is 59.7 Å². The lowest BCUT2D eigenvalue weighted by Crippen LogP contribution is -2.44. The molecule has 142 valence electrons. The number of ether oxygens (including phenoxy) is 1. The number of rotatable bonds is 3. The van der Waals surface area contributed by atoms with E-state index in [9.17, 15) is 9.59 Å². The van der Waals surface area contributed by atoms with Crippen LogP contribution in [0.5, 0.6) is 5.75 Å². The second kappa shape index (κ2) is 7.85. The number of amidine groups is 1. The van der Waals surface area contributed by atoms with Crippen LogP contribution in [0.15, 0.2) is 58.7 Å². The van der Waals surface area contributed by atoms with Gasteiger partial charge in [0, 0.05) is 5.75 Å². The third-order valence-corrected chi connectivity index (χ3v) is 5.17. The SMILES string of the molecule is Cc1ccc2c(c1)OC(=O)CN2CC(=O)NC1=NN=C(c2ccccc2)CS1. The van der Waals surface area contributed by atoms with E-state index in [2.05, 4.69) is 15.5 Å². The zero-order valence-electron chi connectivity index (χ0n) is 15.2. The second-order valence-electron chi connectivity index (χ2n) is 6.46. The average molecular weight is 394 g/mol. The third-order valence-electron chi connectivity index (χ3n) is 4.29. The molecule has 0 bridgehead atoms. The Labute approximate surface area is 166 Å². The Hall–Kier alpha value is -3.13. The van der Waals surface area contributed by atoms with Gasteiger partial charge in [-0.05, 0) is 30.2 Å². The number of amides is 1. The normalized spacial score (nSPS) is 15.9. The molecule has 0 aliphatic carbocycles. The minimum absolute atomic E-state index is 0.0272. The zero-order chi connectivity index (χ0) is 19.5. The predicted molar refractivity (Wildman–Crippen MR) is 110 cm³/mol. The van der Waals surface area contributed by atoms with Gasteiger partial charge in [0.1, 0.15) is 6.54 Å². The maximum atomic E-state index is 12.5. The van der Waals surface area contributed by atoms with Gasteiger partial charge < -0.3 is 15.0 Å². The highest BCUT2D eigenvalue weighted by atomic mass is 32.2. The van der Waals surface area contributed by atoms with Crippen LogP contribution in [0.25, 0.3) is 0 Å². The summed E-state index contributed by atoms with van der Waals surface area (Å²) >= 11 is 1.42. The molecule has 2 aromatic rings. The Morgan fingerprint density at radius 3 is 2.79 bits per heavy atom. The van der Waals surface area contributed by atoms with E-state index in [0.717, 1.165) is 22.5 Å². The molecule has 4 rings (SSSR count). The molecule has 2 heterocycles. The summed E-state index contributed by atoms with van der Waals surface area (Å²) in [5.74, 6) is 0.463. The van der Waals surface area contributed by atoms with Crippen molar-refractivity contribution >= 4 is 40.2 Å². The van der Waals surface area contributed by atoms with E-state index in [0.29, 0.717) is 16.7 Å². The van der Waals surface area contributed by atoms with Gasteiger partial charge in [-0.15, -0.1) is 5.10 Å². The lowest BCUT2D eigenvalue weighted by Gasteiger charge is -2.29.